The molecule has 3 nitrogen and oxygen atoms in total. The number of nitrogens with one attached hydrogen (secondary N) is 1. The van der Waals surface area contributed by atoms with E-state index in [1.165, 1.54) is 18.4 Å². The van der Waals surface area contributed by atoms with Gasteiger partial charge in [0.2, 0.25) is 0 Å². The molecule has 1 heterocycles. The second-order valence-electron chi connectivity index (χ2n) is 5.85. The molecule has 1 aromatic heterocycles. The van der Waals surface area contributed by atoms with Gasteiger partial charge in [0.15, 0.2) is 0 Å². The molecule has 3 heteroatoms. The maximum absolute atomic E-state index is 5.97. The zero-order valence-corrected chi connectivity index (χ0v) is 12.4. The third-order valence-electron chi connectivity index (χ3n) is 4.70. The third-order valence-corrected chi connectivity index (χ3v) is 4.70. The first-order chi connectivity index (χ1) is 9.20. The van der Waals surface area contributed by atoms with Gasteiger partial charge in [0, 0.05) is 25.5 Å². The van der Waals surface area contributed by atoms with Crippen LogP contribution < -0.4 is 5.32 Å². The molecule has 1 aliphatic rings. The number of pyridine rings is 1. The van der Waals surface area contributed by atoms with E-state index in [1.54, 1.807) is 0 Å². The van der Waals surface area contributed by atoms with Crippen LogP contribution in [0.3, 0.4) is 0 Å². The third kappa shape index (κ3) is 3.34. The van der Waals surface area contributed by atoms with Crippen molar-refractivity contribution in [3.63, 3.8) is 0 Å². The SMILES string of the molecule is CNC(Cc1ccncc1)C1(OC)CCC(C)CC1. The normalized spacial score (nSPS) is 29.1. The molecule has 0 aliphatic heterocycles. The number of hydrogen-bond donors (Lipinski definition) is 1. The Bertz CT molecular complexity index is 372. The summed E-state index contributed by atoms with van der Waals surface area (Å²) in [6.07, 6.45) is 9.57. The van der Waals surface area contributed by atoms with E-state index in [0.29, 0.717) is 6.04 Å². The summed E-state index contributed by atoms with van der Waals surface area (Å²) in [7, 11) is 3.91. The monoisotopic (exact) mass is 262 g/mol. The Morgan fingerprint density at radius 2 is 2.00 bits per heavy atom. The van der Waals surface area contributed by atoms with Crippen LogP contribution in [-0.2, 0) is 11.2 Å². The molecule has 0 amide bonds. The van der Waals surface area contributed by atoms with E-state index in [9.17, 15) is 0 Å². The highest BCUT2D eigenvalue weighted by atomic mass is 16.5. The van der Waals surface area contributed by atoms with Crippen LogP contribution in [0.25, 0.3) is 0 Å². The van der Waals surface area contributed by atoms with Crippen molar-refractivity contribution in [1.29, 1.82) is 0 Å². The van der Waals surface area contributed by atoms with Gasteiger partial charge in [-0.05, 0) is 62.8 Å². The topological polar surface area (TPSA) is 34.2 Å². The van der Waals surface area contributed by atoms with Crippen LogP contribution in [0.1, 0.15) is 38.2 Å². The van der Waals surface area contributed by atoms with Gasteiger partial charge in [0.25, 0.3) is 0 Å². The van der Waals surface area contributed by atoms with Crippen LogP contribution in [0.2, 0.25) is 0 Å². The fourth-order valence-electron chi connectivity index (χ4n) is 3.25. The summed E-state index contributed by atoms with van der Waals surface area (Å²) in [6.45, 7) is 2.34. The molecule has 2 rings (SSSR count). The van der Waals surface area contributed by atoms with Crippen molar-refractivity contribution in [2.24, 2.45) is 5.92 Å². The van der Waals surface area contributed by atoms with Crippen LogP contribution in [0, 0.1) is 5.92 Å². The summed E-state index contributed by atoms with van der Waals surface area (Å²) >= 11 is 0. The van der Waals surface area contributed by atoms with Gasteiger partial charge in [-0.15, -0.1) is 0 Å². The number of likely N-dealkylation sites (N-methyl/N-ethyl adjacent to an activating group) is 1. The van der Waals surface area contributed by atoms with E-state index < -0.39 is 0 Å². The molecular weight excluding hydrogens is 236 g/mol. The highest BCUT2D eigenvalue weighted by Crippen LogP contribution is 2.37. The van der Waals surface area contributed by atoms with Gasteiger partial charge >= 0.3 is 0 Å². The number of methoxy groups -OCH3 is 1. The molecule has 1 fully saturated rings. The minimum atomic E-state index is -0.00939. The average molecular weight is 262 g/mol. The summed E-state index contributed by atoms with van der Waals surface area (Å²) in [4.78, 5) is 4.09. The molecule has 0 radical (unpaired) electrons. The first kappa shape index (κ1) is 14.5. The number of aromatic nitrogens is 1. The largest absolute Gasteiger partial charge is 0.377 e. The zero-order valence-electron chi connectivity index (χ0n) is 12.4. The minimum Gasteiger partial charge on any atom is -0.377 e. The highest BCUT2D eigenvalue weighted by molar-refractivity contribution is 5.14. The number of nitrogens with zero attached hydrogens (tertiary/aromatic N) is 1. The van der Waals surface area contributed by atoms with E-state index >= 15 is 0 Å². The molecule has 1 atom stereocenters. The summed E-state index contributed by atoms with van der Waals surface area (Å²) in [6, 6.07) is 4.56. The van der Waals surface area contributed by atoms with Gasteiger partial charge in [-0.1, -0.05) is 6.92 Å². The van der Waals surface area contributed by atoms with Crippen molar-refractivity contribution in [2.45, 2.75) is 50.7 Å². The quantitative estimate of drug-likeness (QED) is 0.886. The Hall–Kier alpha value is -0.930. The summed E-state index contributed by atoms with van der Waals surface area (Å²) in [5.41, 5.74) is 1.31. The molecule has 19 heavy (non-hydrogen) atoms. The molecule has 0 aromatic carbocycles. The Kier molecular flexibility index (Phi) is 4.94. The maximum atomic E-state index is 5.97. The molecule has 0 saturated heterocycles. The number of ether oxygens (including phenoxy) is 1. The second-order valence-corrected chi connectivity index (χ2v) is 5.85. The highest BCUT2D eigenvalue weighted by Gasteiger charge is 2.40. The standard InChI is InChI=1S/C16H26N2O/c1-13-4-8-16(19-3,9-5-13)15(17-2)12-14-6-10-18-11-7-14/h6-7,10-11,13,15,17H,4-5,8-9,12H2,1-3H3. The molecule has 0 bridgehead atoms. The van der Waals surface area contributed by atoms with Crippen LogP contribution in [0.4, 0.5) is 0 Å². The molecular formula is C16H26N2O. The van der Waals surface area contributed by atoms with Gasteiger partial charge in [-0.25, -0.2) is 0 Å². The van der Waals surface area contributed by atoms with Crippen molar-refractivity contribution < 1.29 is 4.74 Å². The lowest BCUT2D eigenvalue weighted by Gasteiger charge is -2.44. The van der Waals surface area contributed by atoms with Crippen LogP contribution >= 0.6 is 0 Å². The number of rotatable bonds is 5. The minimum absolute atomic E-state index is 0.00939. The maximum Gasteiger partial charge on any atom is 0.0834 e. The molecule has 1 aliphatic carbocycles. The van der Waals surface area contributed by atoms with E-state index in [0.717, 1.165) is 25.2 Å². The summed E-state index contributed by atoms with van der Waals surface area (Å²) in [5.74, 6) is 0.835. The average Bonchev–Trinajstić information content (AvgIpc) is 2.47. The molecule has 1 saturated carbocycles. The van der Waals surface area contributed by atoms with E-state index in [1.807, 2.05) is 26.6 Å². The first-order valence-electron chi connectivity index (χ1n) is 7.31. The Morgan fingerprint density at radius 3 is 2.53 bits per heavy atom. The summed E-state index contributed by atoms with van der Waals surface area (Å²) in [5, 5.41) is 3.48. The fraction of sp³-hybridized carbons (Fsp3) is 0.688. The lowest BCUT2D eigenvalue weighted by molar-refractivity contribution is -0.0730. The molecule has 1 unspecified atom stereocenters. The number of hydrogen-bond acceptors (Lipinski definition) is 3. The smallest absolute Gasteiger partial charge is 0.0834 e. The molecule has 106 valence electrons. The first-order valence-corrected chi connectivity index (χ1v) is 7.31. The molecule has 1 N–H and O–H groups in total. The lowest BCUT2D eigenvalue weighted by Crippen LogP contribution is -2.54. The van der Waals surface area contributed by atoms with Gasteiger partial charge < -0.3 is 10.1 Å². The van der Waals surface area contributed by atoms with Crippen molar-refractivity contribution in [3.05, 3.63) is 30.1 Å². The Morgan fingerprint density at radius 1 is 1.37 bits per heavy atom. The zero-order chi connectivity index (χ0) is 13.7. The van der Waals surface area contributed by atoms with Gasteiger partial charge in [-0.3, -0.25) is 4.98 Å². The van der Waals surface area contributed by atoms with Gasteiger partial charge in [0.1, 0.15) is 0 Å². The Balaban J connectivity index is 2.10. The predicted molar refractivity (Wildman–Crippen MR) is 78.2 cm³/mol. The van der Waals surface area contributed by atoms with Crippen LogP contribution in [-0.4, -0.2) is 30.8 Å². The fourth-order valence-corrected chi connectivity index (χ4v) is 3.25. The van der Waals surface area contributed by atoms with Crippen LogP contribution in [0.5, 0.6) is 0 Å². The lowest BCUT2D eigenvalue weighted by atomic mass is 9.74. The summed E-state index contributed by atoms with van der Waals surface area (Å²) < 4.78 is 5.97. The molecule has 1 aromatic rings. The van der Waals surface area contributed by atoms with Crippen molar-refractivity contribution in [3.8, 4) is 0 Å². The van der Waals surface area contributed by atoms with E-state index in [2.05, 4.69) is 29.4 Å². The van der Waals surface area contributed by atoms with Gasteiger partial charge in [0.05, 0.1) is 5.60 Å². The van der Waals surface area contributed by atoms with Crippen LogP contribution in [0.15, 0.2) is 24.5 Å². The van der Waals surface area contributed by atoms with Gasteiger partial charge in [-0.2, -0.15) is 0 Å². The van der Waals surface area contributed by atoms with Crippen molar-refractivity contribution in [1.82, 2.24) is 10.3 Å². The van der Waals surface area contributed by atoms with E-state index in [4.69, 9.17) is 4.74 Å². The van der Waals surface area contributed by atoms with Crippen molar-refractivity contribution in [2.75, 3.05) is 14.2 Å². The predicted octanol–water partition coefficient (Wildman–Crippen LogP) is 2.81. The Labute approximate surface area is 116 Å². The molecule has 0 spiro atoms. The van der Waals surface area contributed by atoms with E-state index in [-0.39, 0.29) is 5.60 Å². The van der Waals surface area contributed by atoms with Crippen molar-refractivity contribution >= 4 is 0 Å². The second kappa shape index (κ2) is 6.49.